The highest BCUT2D eigenvalue weighted by atomic mass is 79.9. The van der Waals surface area contributed by atoms with Gasteiger partial charge in [-0.1, -0.05) is 53.0 Å². The molecular formula is C20H24BrFN4OS. The Morgan fingerprint density at radius 2 is 2.18 bits per heavy atom. The lowest BCUT2D eigenvalue weighted by molar-refractivity contribution is -0.115. The normalized spacial score (nSPS) is 16.0. The highest BCUT2D eigenvalue weighted by Gasteiger charge is 2.25. The topological polar surface area (TPSA) is 59.8 Å². The van der Waals surface area contributed by atoms with Gasteiger partial charge in [0.1, 0.15) is 11.6 Å². The van der Waals surface area contributed by atoms with Crippen LogP contribution in [-0.4, -0.2) is 25.9 Å². The number of allylic oxidation sites excluding steroid dienone is 1. The summed E-state index contributed by atoms with van der Waals surface area (Å²) in [6.45, 7) is 6.23. The van der Waals surface area contributed by atoms with E-state index in [0.29, 0.717) is 22.1 Å². The molecule has 1 aliphatic carbocycles. The number of anilines is 1. The molecule has 1 saturated carbocycles. The van der Waals surface area contributed by atoms with E-state index in [0.717, 1.165) is 18.7 Å². The van der Waals surface area contributed by atoms with E-state index < -0.39 is 11.1 Å². The standard InChI is InChI=1S/C20H24BrFN4OS/c1-3-11-26-18(14-7-5-4-6-8-14)24-25-20(26)28-13(2)19(27)23-17-10-9-15(21)12-16(17)22/h3,9-10,12-14H,1,4-8,11H2,2H3,(H,23,27)/t13-/m1/s1. The third kappa shape index (κ3) is 5.03. The summed E-state index contributed by atoms with van der Waals surface area (Å²) in [5.41, 5.74) is 0.163. The van der Waals surface area contributed by atoms with Crippen LogP contribution < -0.4 is 5.32 Å². The maximum absolute atomic E-state index is 14.0. The Hall–Kier alpha value is -1.67. The van der Waals surface area contributed by atoms with Crippen LogP contribution in [0.25, 0.3) is 0 Å². The number of amides is 1. The molecule has 1 amide bonds. The number of nitrogens with zero attached hydrogens (tertiary/aromatic N) is 3. The van der Waals surface area contributed by atoms with E-state index >= 15 is 0 Å². The van der Waals surface area contributed by atoms with Crippen LogP contribution in [0.2, 0.25) is 0 Å². The van der Waals surface area contributed by atoms with E-state index in [-0.39, 0.29) is 11.6 Å². The second kappa shape index (κ2) is 9.69. The smallest absolute Gasteiger partial charge is 0.237 e. The van der Waals surface area contributed by atoms with Crippen molar-refractivity contribution in [2.75, 3.05) is 5.32 Å². The minimum atomic E-state index is -0.477. The van der Waals surface area contributed by atoms with Gasteiger partial charge in [-0.2, -0.15) is 0 Å². The fourth-order valence-corrected chi connectivity index (χ4v) is 4.59. The first kappa shape index (κ1) is 21.0. The third-order valence-corrected chi connectivity index (χ3v) is 6.44. The van der Waals surface area contributed by atoms with E-state index in [1.165, 1.54) is 43.2 Å². The van der Waals surface area contributed by atoms with Gasteiger partial charge in [0.15, 0.2) is 5.16 Å². The monoisotopic (exact) mass is 466 g/mol. The molecule has 0 spiro atoms. The Balaban J connectivity index is 1.71. The van der Waals surface area contributed by atoms with Gasteiger partial charge in [-0.3, -0.25) is 4.79 Å². The number of hydrogen-bond acceptors (Lipinski definition) is 4. The zero-order chi connectivity index (χ0) is 20.1. The van der Waals surface area contributed by atoms with Crippen molar-refractivity contribution in [2.45, 2.75) is 61.9 Å². The predicted octanol–water partition coefficient (Wildman–Crippen LogP) is 5.53. The molecule has 0 radical (unpaired) electrons. The van der Waals surface area contributed by atoms with Crippen LogP contribution >= 0.6 is 27.7 Å². The van der Waals surface area contributed by atoms with Gasteiger partial charge in [-0.15, -0.1) is 16.8 Å². The average Bonchev–Trinajstić information content (AvgIpc) is 3.07. The molecule has 1 aliphatic rings. The van der Waals surface area contributed by atoms with E-state index in [9.17, 15) is 9.18 Å². The molecule has 1 aromatic carbocycles. The van der Waals surface area contributed by atoms with Crippen molar-refractivity contribution in [3.05, 3.63) is 47.0 Å². The van der Waals surface area contributed by atoms with Gasteiger partial charge in [-0.05, 0) is 38.0 Å². The zero-order valence-electron chi connectivity index (χ0n) is 15.8. The Morgan fingerprint density at radius 1 is 1.43 bits per heavy atom. The quantitative estimate of drug-likeness (QED) is 0.430. The highest BCUT2D eigenvalue weighted by molar-refractivity contribution is 9.10. The van der Waals surface area contributed by atoms with Crippen LogP contribution in [0.5, 0.6) is 0 Å². The molecule has 1 aromatic heterocycles. The molecular weight excluding hydrogens is 443 g/mol. The minimum absolute atomic E-state index is 0.163. The fraction of sp³-hybridized carbons (Fsp3) is 0.450. The van der Waals surface area contributed by atoms with E-state index in [2.05, 4.69) is 42.6 Å². The molecule has 1 fully saturated rings. The second-order valence-electron chi connectivity index (χ2n) is 6.95. The first-order valence-corrected chi connectivity index (χ1v) is 11.1. The summed E-state index contributed by atoms with van der Waals surface area (Å²) in [4.78, 5) is 12.5. The van der Waals surface area contributed by atoms with E-state index in [1.807, 2.05) is 6.08 Å². The Morgan fingerprint density at radius 3 is 2.86 bits per heavy atom. The molecule has 1 heterocycles. The Bertz CT molecular complexity index is 851. The molecule has 1 atom stereocenters. The van der Waals surface area contributed by atoms with Crippen LogP contribution in [-0.2, 0) is 11.3 Å². The van der Waals surface area contributed by atoms with Crippen molar-refractivity contribution in [3.8, 4) is 0 Å². The summed E-state index contributed by atoms with van der Waals surface area (Å²) < 4.78 is 16.7. The predicted molar refractivity (Wildman–Crippen MR) is 114 cm³/mol. The first-order chi connectivity index (χ1) is 13.5. The number of benzene rings is 1. The summed E-state index contributed by atoms with van der Waals surface area (Å²) in [6.07, 6.45) is 7.77. The van der Waals surface area contributed by atoms with Crippen LogP contribution in [0.15, 0.2) is 40.5 Å². The number of rotatable bonds is 7. The largest absolute Gasteiger partial charge is 0.323 e. The van der Waals surface area contributed by atoms with Gasteiger partial charge in [0, 0.05) is 16.9 Å². The minimum Gasteiger partial charge on any atom is -0.323 e. The number of carbonyl (C=O) groups excluding carboxylic acids is 1. The lowest BCUT2D eigenvalue weighted by Crippen LogP contribution is -2.23. The molecule has 1 N–H and O–H groups in total. The van der Waals surface area contributed by atoms with Gasteiger partial charge in [-0.25, -0.2) is 4.39 Å². The molecule has 8 heteroatoms. The van der Waals surface area contributed by atoms with E-state index in [1.54, 1.807) is 13.0 Å². The molecule has 0 bridgehead atoms. The lowest BCUT2D eigenvalue weighted by Gasteiger charge is -2.21. The second-order valence-corrected chi connectivity index (χ2v) is 9.17. The highest BCUT2D eigenvalue weighted by Crippen LogP contribution is 2.34. The van der Waals surface area contributed by atoms with Crippen LogP contribution in [0, 0.1) is 5.82 Å². The molecule has 3 rings (SSSR count). The number of nitrogens with one attached hydrogen (secondary N) is 1. The number of halogens is 2. The van der Waals surface area contributed by atoms with Crippen LogP contribution in [0.4, 0.5) is 10.1 Å². The summed E-state index contributed by atoms with van der Waals surface area (Å²) in [6, 6.07) is 4.55. The molecule has 5 nitrogen and oxygen atoms in total. The number of thioether (sulfide) groups is 1. The fourth-order valence-electron chi connectivity index (χ4n) is 3.39. The molecule has 2 aromatic rings. The van der Waals surface area contributed by atoms with Crippen molar-refractivity contribution in [3.63, 3.8) is 0 Å². The van der Waals surface area contributed by atoms with E-state index in [4.69, 9.17) is 0 Å². The number of hydrogen-bond donors (Lipinski definition) is 1. The van der Waals surface area contributed by atoms with Crippen molar-refractivity contribution in [1.29, 1.82) is 0 Å². The summed E-state index contributed by atoms with van der Waals surface area (Å²) in [5.74, 6) is 0.637. The number of carbonyl (C=O) groups is 1. The van der Waals surface area contributed by atoms with Crippen molar-refractivity contribution in [1.82, 2.24) is 14.8 Å². The van der Waals surface area contributed by atoms with Gasteiger partial charge in [0.2, 0.25) is 5.91 Å². The van der Waals surface area contributed by atoms with Crippen molar-refractivity contribution >= 4 is 39.3 Å². The first-order valence-electron chi connectivity index (χ1n) is 9.46. The van der Waals surface area contributed by atoms with Gasteiger partial charge in [0.25, 0.3) is 0 Å². The summed E-state index contributed by atoms with van der Waals surface area (Å²) >= 11 is 4.54. The molecule has 0 saturated heterocycles. The van der Waals surface area contributed by atoms with Crippen molar-refractivity contribution < 1.29 is 9.18 Å². The van der Waals surface area contributed by atoms with Gasteiger partial charge >= 0.3 is 0 Å². The molecule has 28 heavy (non-hydrogen) atoms. The average molecular weight is 467 g/mol. The van der Waals surface area contributed by atoms with Crippen LogP contribution in [0.1, 0.15) is 50.8 Å². The molecule has 0 aliphatic heterocycles. The Labute approximate surface area is 177 Å². The summed E-state index contributed by atoms with van der Waals surface area (Å²) in [5, 5.41) is 11.7. The maximum atomic E-state index is 14.0. The number of aromatic nitrogens is 3. The summed E-state index contributed by atoms with van der Waals surface area (Å²) in [7, 11) is 0. The Kier molecular flexibility index (Phi) is 7.29. The van der Waals surface area contributed by atoms with Gasteiger partial charge < -0.3 is 9.88 Å². The SMILES string of the molecule is C=CCn1c(S[C@H](C)C(=O)Nc2ccc(Br)cc2F)nnc1C1CCCCC1. The molecule has 0 unspecified atom stereocenters. The lowest BCUT2D eigenvalue weighted by atomic mass is 9.89. The van der Waals surface area contributed by atoms with Gasteiger partial charge in [0.05, 0.1) is 10.9 Å². The van der Waals surface area contributed by atoms with Crippen LogP contribution in [0.3, 0.4) is 0 Å². The zero-order valence-corrected chi connectivity index (χ0v) is 18.2. The maximum Gasteiger partial charge on any atom is 0.237 e. The third-order valence-electron chi connectivity index (χ3n) is 4.87. The molecule has 150 valence electrons. The van der Waals surface area contributed by atoms with Crippen molar-refractivity contribution in [2.24, 2.45) is 0 Å².